The van der Waals surface area contributed by atoms with E-state index in [4.69, 9.17) is 12.2 Å². The number of nitrogens with one attached hydrogen (secondary N) is 2. The van der Waals surface area contributed by atoms with Crippen molar-refractivity contribution in [1.82, 2.24) is 25.0 Å². The summed E-state index contributed by atoms with van der Waals surface area (Å²) in [5.74, 6) is 0.707. The predicted octanol–water partition coefficient (Wildman–Crippen LogP) is 3.39. The van der Waals surface area contributed by atoms with Crippen molar-refractivity contribution < 1.29 is 0 Å². The normalized spacial score (nSPS) is 10.8. The Morgan fingerprint density at radius 3 is 2.79 bits per heavy atom. The number of aromatic amines is 2. The monoisotopic (exact) mass is 335 g/mol. The van der Waals surface area contributed by atoms with Crippen molar-refractivity contribution in [1.29, 1.82) is 0 Å². The summed E-state index contributed by atoms with van der Waals surface area (Å²) in [7, 11) is 0. The number of aryl methyl sites for hydroxylation is 1. The summed E-state index contributed by atoms with van der Waals surface area (Å²) >= 11 is 8.83. The van der Waals surface area contributed by atoms with Crippen LogP contribution in [0.25, 0.3) is 17.2 Å². The van der Waals surface area contributed by atoms with E-state index in [1.54, 1.807) is 6.20 Å². The van der Waals surface area contributed by atoms with Gasteiger partial charge in [0.05, 0.1) is 5.69 Å². The van der Waals surface area contributed by atoms with Crippen LogP contribution in [0.15, 0.2) is 34.9 Å². The van der Waals surface area contributed by atoms with Crippen molar-refractivity contribution in [2.24, 2.45) is 0 Å². The highest BCUT2D eigenvalue weighted by Crippen LogP contribution is 2.24. The first-order chi connectivity index (χ1) is 9.16. The van der Waals surface area contributed by atoms with Gasteiger partial charge in [-0.2, -0.15) is 10.2 Å². The maximum Gasteiger partial charge on any atom is 0.200 e. The molecule has 0 saturated carbocycles. The van der Waals surface area contributed by atoms with Gasteiger partial charge in [0.2, 0.25) is 0 Å². The molecule has 0 unspecified atom stereocenters. The standard InChI is InChI=1S/C12H10BrN5S/c1-7-2-3-8(6-9(7)13)18-11(16-17-12(18)19)10-4-5-14-15-10/h2-6H,1H3,(H,14,15)(H,17,19). The Hall–Kier alpha value is -1.73. The number of aromatic nitrogens is 5. The third-order valence-corrected chi connectivity index (χ3v) is 3.96. The highest BCUT2D eigenvalue weighted by molar-refractivity contribution is 9.10. The molecule has 0 aliphatic carbocycles. The Morgan fingerprint density at radius 1 is 1.26 bits per heavy atom. The van der Waals surface area contributed by atoms with Gasteiger partial charge in [-0.25, -0.2) is 0 Å². The van der Waals surface area contributed by atoms with Crippen LogP contribution in [0.5, 0.6) is 0 Å². The van der Waals surface area contributed by atoms with Crippen molar-refractivity contribution in [2.45, 2.75) is 6.92 Å². The number of halogens is 1. The number of H-pyrrole nitrogens is 2. The predicted molar refractivity (Wildman–Crippen MR) is 78.8 cm³/mol. The van der Waals surface area contributed by atoms with Gasteiger partial charge >= 0.3 is 0 Å². The highest BCUT2D eigenvalue weighted by Gasteiger charge is 2.12. The van der Waals surface area contributed by atoms with Gasteiger partial charge in [0.1, 0.15) is 5.69 Å². The van der Waals surface area contributed by atoms with Gasteiger partial charge in [-0.15, -0.1) is 0 Å². The lowest BCUT2D eigenvalue weighted by atomic mass is 10.2. The van der Waals surface area contributed by atoms with Crippen LogP contribution in [-0.4, -0.2) is 25.0 Å². The smallest absolute Gasteiger partial charge is 0.200 e. The molecule has 2 aromatic heterocycles. The van der Waals surface area contributed by atoms with Crippen LogP contribution in [0.1, 0.15) is 5.56 Å². The zero-order valence-electron chi connectivity index (χ0n) is 10.0. The molecule has 0 aliphatic rings. The lowest BCUT2D eigenvalue weighted by Gasteiger charge is -2.07. The number of hydrogen-bond acceptors (Lipinski definition) is 3. The summed E-state index contributed by atoms with van der Waals surface area (Å²) in [5.41, 5.74) is 2.92. The second-order valence-electron chi connectivity index (χ2n) is 4.09. The van der Waals surface area contributed by atoms with E-state index in [9.17, 15) is 0 Å². The molecule has 2 heterocycles. The first-order valence-corrected chi connectivity index (χ1v) is 6.80. The van der Waals surface area contributed by atoms with Crippen molar-refractivity contribution in [3.05, 3.63) is 45.3 Å². The third kappa shape index (κ3) is 2.15. The highest BCUT2D eigenvalue weighted by atomic mass is 79.9. The molecule has 96 valence electrons. The molecule has 19 heavy (non-hydrogen) atoms. The summed E-state index contributed by atoms with van der Waals surface area (Å²) in [6.45, 7) is 2.04. The molecule has 0 saturated heterocycles. The van der Waals surface area contributed by atoms with E-state index >= 15 is 0 Å². The molecule has 0 aliphatic heterocycles. The number of benzene rings is 1. The average Bonchev–Trinajstić information content (AvgIpc) is 3.01. The molecule has 5 nitrogen and oxygen atoms in total. The quantitative estimate of drug-likeness (QED) is 0.705. The fourth-order valence-electron chi connectivity index (χ4n) is 1.82. The SMILES string of the molecule is Cc1ccc(-n2c(-c3ccn[nH]3)n[nH]c2=S)cc1Br. The maximum atomic E-state index is 5.30. The molecule has 0 fully saturated rings. The van der Waals surface area contributed by atoms with Crippen LogP contribution >= 0.6 is 28.1 Å². The van der Waals surface area contributed by atoms with Crippen molar-refractivity contribution >= 4 is 28.1 Å². The summed E-state index contributed by atoms with van der Waals surface area (Å²) in [5, 5.41) is 13.9. The van der Waals surface area contributed by atoms with Gasteiger partial charge < -0.3 is 0 Å². The minimum atomic E-state index is 0.542. The first kappa shape index (κ1) is 12.3. The van der Waals surface area contributed by atoms with Crippen molar-refractivity contribution in [2.75, 3.05) is 0 Å². The molecule has 0 atom stereocenters. The van der Waals surface area contributed by atoms with Gasteiger partial charge in [-0.05, 0) is 42.9 Å². The lowest BCUT2D eigenvalue weighted by Crippen LogP contribution is -1.98. The number of rotatable bonds is 2. The zero-order valence-corrected chi connectivity index (χ0v) is 12.4. The number of hydrogen-bond donors (Lipinski definition) is 2. The second kappa shape index (κ2) is 4.75. The molecule has 0 radical (unpaired) electrons. The summed E-state index contributed by atoms with van der Waals surface area (Å²) in [6.07, 6.45) is 1.68. The average molecular weight is 336 g/mol. The van der Waals surface area contributed by atoms with Crippen molar-refractivity contribution in [3.63, 3.8) is 0 Å². The fourth-order valence-corrected chi connectivity index (χ4v) is 2.42. The van der Waals surface area contributed by atoms with Crippen LogP contribution < -0.4 is 0 Å². The molecule has 0 bridgehead atoms. The lowest BCUT2D eigenvalue weighted by molar-refractivity contribution is 1.01. The van der Waals surface area contributed by atoms with Gasteiger partial charge in [0, 0.05) is 10.7 Å². The maximum absolute atomic E-state index is 5.30. The van der Waals surface area contributed by atoms with Gasteiger partial charge in [0.25, 0.3) is 0 Å². The second-order valence-corrected chi connectivity index (χ2v) is 5.33. The molecule has 2 N–H and O–H groups in total. The van der Waals surface area contributed by atoms with E-state index in [1.165, 1.54) is 5.56 Å². The van der Waals surface area contributed by atoms with Crippen LogP contribution in [0.2, 0.25) is 0 Å². The molecule has 0 spiro atoms. The largest absolute Gasteiger partial charge is 0.275 e. The first-order valence-electron chi connectivity index (χ1n) is 5.60. The third-order valence-electron chi connectivity index (χ3n) is 2.83. The van der Waals surface area contributed by atoms with E-state index in [1.807, 2.05) is 35.8 Å². The Bertz CT molecular complexity index is 772. The Balaban J connectivity index is 2.22. The van der Waals surface area contributed by atoms with Gasteiger partial charge in [0.15, 0.2) is 10.6 Å². The Kier molecular flexibility index (Phi) is 3.08. The van der Waals surface area contributed by atoms with Crippen LogP contribution in [0.3, 0.4) is 0 Å². The van der Waals surface area contributed by atoms with Crippen LogP contribution in [0, 0.1) is 11.7 Å². The van der Waals surface area contributed by atoms with E-state index in [0.717, 1.165) is 15.9 Å². The van der Waals surface area contributed by atoms with E-state index in [0.29, 0.717) is 10.6 Å². The molecule has 0 amide bonds. The van der Waals surface area contributed by atoms with Gasteiger partial charge in [-0.3, -0.25) is 14.8 Å². The van der Waals surface area contributed by atoms with Crippen molar-refractivity contribution in [3.8, 4) is 17.2 Å². The molecular formula is C12H10BrN5S. The van der Waals surface area contributed by atoms with E-state index in [-0.39, 0.29) is 0 Å². The Labute approximate surface area is 122 Å². The molecular weight excluding hydrogens is 326 g/mol. The molecule has 1 aromatic carbocycles. The zero-order chi connectivity index (χ0) is 13.4. The summed E-state index contributed by atoms with van der Waals surface area (Å²) in [6, 6.07) is 7.90. The fraction of sp³-hybridized carbons (Fsp3) is 0.0833. The molecule has 7 heteroatoms. The van der Waals surface area contributed by atoms with E-state index in [2.05, 4.69) is 36.3 Å². The van der Waals surface area contributed by atoms with Crippen LogP contribution in [0.4, 0.5) is 0 Å². The minimum Gasteiger partial charge on any atom is -0.275 e. The van der Waals surface area contributed by atoms with Crippen LogP contribution in [-0.2, 0) is 0 Å². The van der Waals surface area contributed by atoms with E-state index < -0.39 is 0 Å². The number of nitrogens with zero attached hydrogens (tertiary/aromatic N) is 3. The summed E-state index contributed by atoms with van der Waals surface area (Å²) < 4.78 is 3.44. The minimum absolute atomic E-state index is 0.542. The molecule has 3 rings (SSSR count). The topological polar surface area (TPSA) is 62.3 Å². The summed E-state index contributed by atoms with van der Waals surface area (Å²) in [4.78, 5) is 0. The molecule has 3 aromatic rings. The van der Waals surface area contributed by atoms with Gasteiger partial charge in [-0.1, -0.05) is 22.0 Å². The Morgan fingerprint density at radius 2 is 2.11 bits per heavy atom.